The van der Waals surface area contributed by atoms with E-state index in [-0.39, 0.29) is 24.1 Å². The minimum absolute atomic E-state index is 0.119. The van der Waals surface area contributed by atoms with Gasteiger partial charge in [-0.1, -0.05) is 42.5 Å². The number of hydrogen-bond donors (Lipinski definition) is 1. The molecular weight excluding hydrogens is 293 g/mol. The Morgan fingerprint density at radius 3 is 2.48 bits per heavy atom. The van der Waals surface area contributed by atoms with Crippen molar-refractivity contribution in [2.45, 2.75) is 6.04 Å². The van der Waals surface area contributed by atoms with E-state index in [1.165, 1.54) is 6.07 Å². The molecule has 2 rings (SSSR count). The Kier molecular flexibility index (Phi) is 5.58. The summed E-state index contributed by atoms with van der Waals surface area (Å²) in [5, 5.41) is 2.75. The van der Waals surface area contributed by atoms with Crippen molar-refractivity contribution in [2.75, 3.05) is 12.5 Å². The van der Waals surface area contributed by atoms with Crippen molar-refractivity contribution >= 4 is 17.5 Å². The van der Waals surface area contributed by atoms with Gasteiger partial charge in [-0.3, -0.25) is 4.79 Å². The molecule has 0 aliphatic rings. The molecule has 110 valence electrons. The number of rotatable bonds is 6. The summed E-state index contributed by atoms with van der Waals surface area (Å²) in [6.07, 6.45) is 0. The third kappa shape index (κ3) is 4.46. The predicted molar refractivity (Wildman–Crippen MR) is 79.9 cm³/mol. The molecule has 0 fully saturated rings. The minimum atomic E-state index is -0.437. The van der Waals surface area contributed by atoms with Gasteiger partial charge in [0.2, 0.25) is 5.91 Å². The van der Waals surface area contributed by atoms with Gasteiger partial charge in [-0.15, -0.1) is 11.6 Å². The van der Waals surface area contributed by atoms with Crippen molar-refractivity contribution in [3.63, 3.8) is 0 Å². The van der Waals surface area contributed by atoms with Gasteiger partial charge in [0.05, 0.1) is 6.04 Å². The smallest absolute Gasteiger partial charge is 0.235 e. The lowest BCUT2D eigenvalue weighted by Crippen LogP contribution is -2.33. The number of halogens is 2. The Hall–Kier alpha value is -2.07. The van der Waals surface area contributed by atoms with Crippen LogP contribution in [0.1, 0.15) is 11.6 Å². The lowest BCUT2D eigenvalue weighted by Gasteiger charge is -2.19. The number of carbonyl (C=O) groups excluding carboxylic acids is 1. The van der Waals surface area contributed by atoms with E-state index in [1.54, 1.807) is 18.2 Å². The lowest BCUT2D eigenvalue weighted by atomic mass is 10.1. The minimum Gasteiger partial charge on any atom is -0.488 e. The second kappa shape index (κ2) is 7.64. The number of hydrogen-bond acceptors (Lipinski definition) is 2. The molecule has 2 aromatic rings. The third-order valence-electron chi connectivity index (χ3n) is 2.90. The number of amides is 1. The van der Waals surface area contributed by atoms with Crippen LogP contribution in [-0.2, 0) is 4.79 Å². The van der Waals surface area contributed by atoms with Crippen molar-refractivity contribution < 1.29 is 13.9 Å². The van der Waals surface area contributed by atoms with E-state index in [2.05, 4.69) is 5.32 Å². The van der Waals surface area contributed by atoms with E-state index in [0.29, 0.717) is 0 Å². The molecule has 3 nitrogen and oxygen atoms in total. The van der Waals surface area contributed by atoms with Crippen molar-refractivity contribution in [2.24, 2.45) is 0 Å². The average Bonchev–Trinajstić information content (AvgIpc) is 2.53. The van der Waals surface area contributed by atoms with Crippen LogP contribution in [0.2, 0.25) is 0 Å². The number of benzene rings is 2. The first-order chi connectivity index (χ1) is 10.2. The summed E-state index contributed by atoms with van der Waals surface area (Å²) in [6.45, 7) is 0.119. The standard InChI is InChI=1S/C16H15ClFNO2/c17-10-16(20)19-14(12-6-2-1-3-7-12)11-21-15-9-5-4-8-13(15)18/h1-9,14H,10-11H2,(H,19,20). The van der Waals surface area contributed by atoms with Crippen LogP contribution in [0.15, 0.2) is 54.6 Å². The van der Waals surface area contributed by atoms with Crippen molar-refractivity contribution in [1.82, 2.24) is 5.32 Å². The molecule has 0 saturated heterocycles. The largest absolute Gasteiger partial charge is 0.488 e. The fraction of sp³-hybridized carbons (Fsp3) is 0.188. The van der Waals surface area contributed by atoms with E-state index in [4.69, 9.17) is 16.3 Å². The van der Waals surface area contributed by atoms with Crippen LogP contribution in [0.25, 0.3) is 0 Å². The lowest BCUT2D eigenvalue weighted by molar-refractivity contribution is -0.119. The first kappa shape index (κ1) is 15.3. The van der Waals surface area contributed by atoms with Crippen LogP contribution in [0.4, 0.5) is 4.39 Å². The summed E-state index contributed by atoms with van der Waals surface area (Å²) < 4.78 is 19.0. The molecule has 2 aromatic carbocycles. The Balaban J connectivity index is 2.09. The second-order valence-corrected chi connectivity index (χ2v) is 4.67. The first-order valence-corrected chi connectivity index (χ1v) is 7.01. The van der Waals surface area contributed by atoms with Gasteiger partial charge in [-0.05, 0) is 17.7 Å². The van der Waals surface area contributed by atoms with Gasteiger partial charge in [0.1, 0.15) is 12.5 Å². The van der Waals surface area contributed by atoms with Crippen LogP contribution in [0.3, 0.4) is 0 Å². The Labute approximate surface area is 127 Å². The molecule has 1 unspecified atom stereocenters. The van der Waals surface area contributed by atoms with Crippen LogP contribution < -0.4 is 10.1 Å². The Bertz CT molecular complexity index is 592. The summed E-state index contributed by atoms with van der Waals surface area (Å²) >= 11 is 5.51. The van der Waals surface area contributed by atoms with Crippen molar-refractivity contribution in [3.8, 4) is 5.75 Å². The van der Waals surface area contributed by atoms with Crippen molar-refractivity contribution in [3.05, 3.63) is 66.0 Å². The highest BCUT2D eigenvalue weighted by atomic mass is 35.5. The summed E-state index contributed by atoms with van der Waals surface area (Å²) in [7, 11) is 0. The molecule has 1 N–H and O–H groups in total. The first-order valence-electron chi connectivity index (χ1n) is 6.48. The van der Waals surface area contributed by atoms with Gasteiger partial charge < -0.3 is 10.1 Å². The van der Waals surface area contributed by atoms with Crippen LogP contribution in [0, 0.1) is 5.82 Å². The summed E-state index contributed by atoms with van der Waals surface area (Å²) in [4.78, 5) is 11.5. The quantitative estimate of drug-likeness (QED) is 0.832. The molecule has 0 aliphatic heterocycles. The zero-order chi connectivity index (χ0) is 15.1. The predicted octanol–water partition coefficient (Wildman–Crippen LogP) is 3.30. The van der Waals surface area contributed by atoms with Gasteiger partial charge in [0.15, 0.2) is 11.6 Å². The molecular formula is C16H15ClFNO2. The van der Waals surface area contributed by atoms with Crippen LogP contribution in [0.5, 0.6) is 5.75 Å². The fourth-order valence-electron chi connectivity index (χ4n) is 1.87. The van der Waals surface area contributed by atoms with E-state index < -0.39 is 11.9 Å². The number of alkyl halides is 1. The molecule has 0 bridgehead atoms. The SMILES string of the molecule is O=C(CCl)NC(COc1ccccc1F)c1ccccc1. The second-order valence-electron chi connectivity index (χ2n) is 4.41. The molecule has 0 saturated carbocycles. The van der Waals surface area contributed by atoms with E-state index in [1.807, 2.05) is 30.3 Å². The molecule has 0 aromatic heterocycles. The Morgan fingerprint density at radius 2 is 1.81 bits per heavy atom. The number of carbonyl (C=O) groups is 1. The van der Waals surface area contributed by atoms with Gasteiger partial charge in [-0.25, -0.2) is 4.39 Å². The van der Waals surface area contributed by atoms with Crippen LogP contribution in [-0.4, -0.2) is 18.4 Å². The molecule has 0 spiro atoms. The van der Waals surface area contributed by atoms with Crippen molar-refractivity contribution in [1.29, 1.82) is 0 Å². The highest BCUT2D eigenvalue weighted by Gasteiger charge is 2.15. The van der Waals surface area contributed by atoms with Crippen LogP contribution >= 0.6 is 11.6 Å². The Morgan fingerprint density at radius 1 is 1.14 bits per heavy atom. The highest BCUT2D eigenvalue weighted by molar-refractivity contribution is 6.27. The monoisotopic (exact) mass is 307 g/mol. The maximum absolute atomic E-state index is 13.5. The number of nitrogens with one attached hydrogen (secondary N) is 1. The maximum atomic E-state index is 13.5. The average molecular weight is 308 g/mol. The molecule has 1 amide bonds. The summed E-state index contributed by atoms with van der Waals surface area (Å²) in [5.41, 5.74) is 0.868. The van der Waals surface area contributed by atoms with E-state index in [0.717, 1.165) is 5.56 Å². The fourth-order valence-corrected chi connectivity index (χ4v) is 1.95. The third-order valence-corrected chi connectivity index (χ3v) is 3.14. The topological polar surface area (TPSA) is 38.3 Å². The zero-order valence-corrected chi connectivity index (χ0v) is 12.0. The number of ether oxygens (including phenoxy) is 1. The normalized spacial score (nSPS) is 11.7. The molecule has 5 heteroatoms. The van der Waals surface area contributed by atoms with Gasteiger partial charge in [0.25, 0.3) is 0 Å². The van der Waals surface area contributed by atoms with E-state index >= 15 is 0 Å². The number of para-hydroxylation sites is 1. The maximum Gasteiger partial charge on any atom is 0.235 e. The summed E-state index contributed by atoms with van der Waals surface area (Å²) in [6, 6.07) is 15.1. The van der Waals surface area contributed by atoms with Gasteiger partial charge in [-0.2, -0.15) is 0 Å². The molecule has 0 heterocycles. The van der Waals surface area contributed by atoms with E-state index in [9.17, 15) is 9.18 Å². The molecule has 21 heavy (non-hydrogen) atoms. The zero-order valence-electron chi connectivity index (χ0n) is 11.3. The molecule has 0 radical (unpaired) electrons. The van der Waals surface area contributed by atoms with Gasteiger partial charge in [0, 0.05) is 0 Å². The molecule has 1 atom stereocenters. The summed E-state index contributed by atoms with van der Waals surface area (Å²) in [5.74, 6) is -0.725. The highest BCUT2D eigenvalue weighted by Crippen LogP contribution is 2.19. The molecule has 0 aliphatic carbocycles. The van der Waals surface area contributed by atoms with Gasteiger partial charge >= 0.3 is 0 Å².